The number of piperidine rings is 1. The third-order valence-corrected chi connectivity index (χ3v) is 7.09. The van der Waals surface area contributed by atoms with E-state index < -0.39 is 49.7 Å². The Bertz CT molecular complexity index is 740. The van der Waals surface area contributed by atoms with Gasteiger partial charge in [-0.15, -0.1) is 0 Å². The second-order valence-corrected chi connectivity index (χ2v) is 10.3. The highest BCUT2D eigenvalue weighted by Crippen LogP contribution is 2.51. The van der Waals surface area contributed by atoms with E-state index in [1.807, 2.05) is 0 Å². The van der Waals surface area contributed by atoms with Crippen molar-refractivity contribution < 1.29 is 52.2 Å². The van der Waals surface area contributed by atoms with E-state index in [4.69, 9.17) is 4.55 Å². The summed E-state index contributed by atoms with van der Waals surface area (Å²) in [7, 11) is -8.13. The van der Waals surface area contributed by atoms with Crippen molar-refractivity contribution in [3.8, 4) is 0 Å². The number of hydrogen-bond donors (Lipinski definition) is 1. The Kier molecular flexibility index (Phi) is 5.81. The Hall–Kier alpha value is -0.640. The molecule has 15 heteroatoms. The number of sulfonamides is 1. The summed E-state index contributed by atoms with van der Waals surface area (Å²) in [5, 5.41) is -13.2. The van der Waals surface area contributed by atoms with Gasteiger partial charge in [0.05, 0.1) is 27.2 Å². The smallest absolute Gasteiger partial charge is 0.328 e. The lowest BCUT2D eigenvalue weighted by atomic mass is 10.0. The van der Waals surface area contributed by atoms with E-state index in [9.17, 15) is 43.2 Å². The second kappa shape index (κ2) is 6.46. The summed E-state index contributed by atoms with van der Waals surface area (Å²) in [5.41, 5.74) is 0. The molecule has 1 heterocycles. The number of quaternary nitrogens is 1. The van der Waals surface area contributed by atoms with Crippen LogP contribution in [0, 0.1) is 0 Å². The maximum atomic E-state index is 13.9. The van der Waals surface area contributed by atoms with Crippen molar-refractivity contribution in [2.75, 3.05) is 34.2 Å². The van der Waals surface area contributed by atoms with Crippen molar-refractivity contribution in [2.24, 2.45) is 0 Å². The Morgan fingerprint density at radius 3 is 1.58 bits per heavy atom. The van der Waals surface area contributed by atoms with Crippen molar-refractivity contribution in [3.63, 3.8) is 0 Å². The van der Waals surface area contributed by atoms with E-state index >= 15 is 0 Å². The Morgan fingerprint density at radius 2 is 1.27 bits per heavy atom. The molecule has 0 atom stereocenters. The zero-order chi connectivity index (χ0) is 21.0. The van der Waals surface area contributed by atoms with Gasteiger partial charge in [-0.05, 0) is 0 Å². The maximum Gasteiger partial charge on any atom is 0.439 e. The number of alkyl halides is 6. The minimum Gasteiger partial charge on any atom is -0.328 e. The second-order valence-electron chi connectivity index (χ2n) is 6.83. The highest BCUT2D eigenvalue weighted by molar-refractivity contribution is 7.90. The van der Waals surface area contributed by atoms with E-state index in [1.165, 1.54) is 0 Å². The zero-order valence-electron chi connectivity index (χ0n) is 14.0. The van der Waals surface area contributed by atoms with Gasteiger partial charge in [-0.3, -0.25) is 4.55 Å². The quantitative estimate of drug-likeness (QED) is 0.383. The minimum absolute atomic E-state index is 0.000920. The maximum absolute atomic E-state index is 13.9. The fourth-order valence-corrected chi connectivity index (χ4v) is 4.50. The lowest BCUT2D eigenvalue weighted by Gasteiger charge is -2.41. The van der Waals surface area contributed by atoms with Crippen LogP contribution in [0.2, 0.25) is 0 Å². The van der Waals surface area contributed by atoms with Crippen LogP contribution in [0.15, 0.2) is 0 Å². The standard InChI is InChI=1S/C11H18F6N2O5S2/c1-19(2,3)8-4-6-18(7-5-8)25(20,21)10(14,15)9(12,13)11(16,17)26(22,23)24/h8H,4-7H2,1-3H3/p+1. The van der Waals surface area contributed by atoms with Crippen LogP contribution >= 0.6 is 0 Å². The molecular weight excluding hydrogens is 418 g/mol. The summed E-state index contributed by atoms with van der Waals surface area (Å²) in [6.07, 6.45) is -0.00184. The first-order chi connectivity index (χ1) is 11.2. The first-order valence-corrected chi connectivity index (χ1v) is 10.0. The molecule has 1 fully saturated rings. The molecule has 1 aliphatic heterocycles. The molecule has 0 amide bonds. The molecule has 7 nitrogen and oxygen atoms in total. The predicted molar refractivity (Wildman–Crippen MR) is 77.9 cm³/mol. The van der Waals surface area contributed by atoms with Crippen molar-refractivity contribution >= 4 is 20.1 Å². The summed E-state index contributed by atoms with van der Waals surface area (Å²) in [6, 6.07) is -0.185. The largest absolute Gasteiger partial charge is 0.439 e. The summed E-state index contributed by atoms with van der Waals surface area (Å²) in [6.45, 7) is -1.27. The zero-order valence-corrected chi connectivity index (χ0v) is 15.6. The lowest BCUT2D eigenvalue weighted by molar-refractivity contribution is -0.897. The van der Waals surface area contributed by atoms with Crippen molar-refractivity contribution in [2.45, 2.75) is 35.3 Å². The summed E-state index contributed by atoms with van der Waals surface area (Å²) in [5.74, 6) is -6.90. The highest BCUT2D eigenvalue weighted by atomic mass is 32.2. The summed E-state index contributed by atoms with van der Waals surface area (Å²) < 4.78 is 134. The molecule has 0 spiro atoms. The fraction of sp³-hybridized carbons (Fsp3) is 1.00. The third kappa shape index (κ3) is 3.55. The molecule has 1 aliphatic rings. The van der Waals surface area contributed by atoms with Crippen LogP contribution in [0.25, 0.3) is 0 Å². The molecule has 1 N–H and O–H groups in total. The van der Waals surface area contributed by atoms with E-state index in [0.717, 1.165) is 0 Å². The molecule has 0 aromatic rings. The first-order valence-electron chi connectivity index (χ1n) is 7.12. The number of halogens is 6. The molecule has 1 saturated heterocycles. The van der Waals surface area contributed by atoms with Gasteiger partial charge >= 0.3 is 26.5 Å². The van der Waals surface area contributed by atoms with E-state index in [1.54, 1.807) is 21.1 Å². The molecule has 0 unspecified atom stereocenters. The van der Waals surface area contributed by atoms with Crippen LogP contribution in [-0.4, -0.2) is 86.9 Å². The van der Waals surface area contributed by atoms with Gasteiger partial charge in [0, 0.05) is 25.9 Å². The molecule has 0 bridgehead atoms. The molecule has 0 saturated carbocycles. The Balaban J connectivity index is 3.23. The third-order valence-electron chi connectivity index (χ3n) is 4.24. The monoisotopic (exact) mass is 437 g/mol. The number of hydrogen-bond acceptors (Lipinski definition) is 4. The van der Waals surface area contributed by atoms with Gasteiger partial charge in [-0.2, -0.15) is 39.1 Å². The molecule has 0 aromatic carbocycles. The van der Waals surface area contributed by atoms with Crippen LogP contribution < -0.4 is 0 Å². The van der Waals surface area contributed by atoms with E-state index in [0.29, 0.717) is 4.48 Å². The molecule has 26 heavy (non-hydrogen) atoms. The van der Waals surface area contributed by atoms with Crippen LogP contribution in [0.4, 0.5) is 26.3 Å². The normalized spacial score (nSPS) is 20.4. The number of nitrogens with zero attached hydrogens (tertiary/aromatic N) is 2. The van der Waals surface area contributed by atoms with Crippen LogP contribution in [-0.2, 0) is 20.1 Å². The van der Waals surface area contributed by atoms with Crippen LogP contribution in [0.5, 0.6) is 0 Å². The minimum atomic E-state index is -7.01. The molecule has 0 radical (unpaired) electrons. The topological polar surface area (TPSA) is 91.8 Å². The first kappa shape index (κ1) is 23.4. The number of rotatable bonds is 6. The van der Waals surface area contributed by atoms with Crippen molar-refractivity contribution in [1.29, 1.82) is 0 Å². The van der Waals surface area contributed by atoms with Gasteiger partial charge in [0.15, 0.2) is 0 Å². The van der Waals surface area contributed by atoms with Crippen molar-refractivity contribution in [3.05, 3.63) is 0 Å². The van der Waals surface area contributed by atoms with Crippen LogP contribution in [0.1, 0.15) is 12.8 Å². The predicted octanol–water partition coefficient (Wildman–Crippen LogP) is 1.20. The van der Waals surface area contributed by atoms with E-state index in [-0.39, 0.29) is 23.2 Å². The Labute approximate surface area is 146 Å². The van der Waals surface area contributed by atoms with Crippen LogP contribution in [0.3, 0.4) is 0 Å². The molecule has 0 aromatic heterocycles. The van der Waals surface area contributed by atoms with Gasteiger partial charge in [0.25, 0.3) is 10.0 Å². The van der Waals surface area contributed by atoms with Gasteiger partial charge in [0.1, 0.15) is 0 Å². The van der Waals surface area contributed by atoms with Gasteiger partial charge in [0.2, 0.25) is 0 Å². The lowest BCUT2D eigenvalue weighted by Crippen LogP contribution is -2.64. The van der Waals surface area contributed by atoms with Gasteiger partial charge in [-0.1, -0.05) is 0 Å². The molecule has 1 rings (SSSR count). The van der Waals surface area contributed by atoms with Gasteiger partial charge in [-0.25, -0.2) is 8.42 Å². The molecular formula is C11H19F6N2O5S2+. The average Bonchev–Trinajstić information content (AvgIpc) is 2.44. The summed E-state index contributed by atoms with van der Waals surface area (Å²) >= 11 is 0. The summed E-state index contributed by atoms with van der Waals surface area (Å²) in [4.78, 5) is 0. The van der Waals surface area contributed by atoms with E-state index in [2.05, 4.69) is 0 Å². The fourth-order valence-electron chi connectivity index (χ4n) is 2.51. The average molecular weight is 437 g/mol. The molecule has 0 aliphatic carbocycles. The van der Waals surface area contributed by atoms with Gasteiger partial charge < -0.3 is 4.48 Å². The highest BCUT2D eigenvalue weighted by Gasteiger charge is 2.82. The SMILES string of the molecule is C[N+](C)(C)C1CCN(S(=O)(=O)C(F)(F)C(F)(F)C(F)(F)S(=O)(=O)O)CC1. The molecule has 156 valence electrons. The van der Waals surface area contributed by atoms with Crippen molar-refractivity contribution in [1.82, 2.24) is 4.31 Å². The Morgan fingerprint density at radius 1 is 0.885 bits per heavy atom.